The fourth-order valence-corrected chi connectivity index (χ4v) is 3.84. The lowest BCUT2D eigenvalue weighted by molar-refractivity contribution is -0.133. The second-order valence-electron chi connectivity index (χ2n) is 6.77. The van der Waals surface area contributed by atoms with E-state index in [0.29, 0.717) is 18.8 Å². The van der Waals surface area contributed by atoms with Crippen molar-refractivity contribution < 1.29 is 27.5 Å². The van der Waals surface area contributed by atoms with Crippen LogP contribution in [0.5, 0.6) is 5.75 Å². The summed E-state index contributed by atoms with van der Waals surface area (Å²) in [6, 6.07) is 11.9. The van der Waals surface area contributed by atoms with Gasteiger partial charge in [-0.05, 0) is 44.2 Å². The number of anilines is 1. The molecule has 0 aliphatic rings. The lowest BCUT2D eigenvalue weighted by atomic mass is 10.2. The largest absolute Gasteiger partial charge is 0.495 e. The van der Waals surface area contributed by atoms with E-state index in [4.69, 9.17) is 9.47 Å². The Bertz CT molecular complexity index is 1070. The maximum Gasteiger partial charge on any atom is 0.338 e. The molecule has 0 bridgehead atoms. The van der Waals surface area contributed by atoms with E-state index in [9.17, 15) is 18.0 Å². The number of esters is 1. The Morgan fingerprint density at radius 1 is 1.13 bits per heavy atom. The van der Waals surface area contributed by atoms with E-state index in [-0.39, 0.29) is 22.1 Å². The molecule has 0 unspecified atom stereocenters. The lowest BCUT2D eigenvalue weighted by Gasteiger charge is -2.20. The van der Waals surface area contributed by atoms with Crippen LogP contribution in [-0.2, 0) is 19.6 Å². The van der Waals surface area contributed by atoms with E-state index >= 15 is 0 Å². The summed E-state index contributed by atoms with van der Waals surface area (Å²) >= 11 is 0. The molecule has 0 radical (unpaired) electrons. The van der Waals surface area contributed by atoms with Gasteiger partial charge in [0.25, 0.3) is 15.9 Å². The van der Waals surface area contributed by atoms with E-state index in [0.717, 1.165) is 5.57 Å². The normalized spacial score (nSPS) is 10.8. The number of ether oxygens (including phenoxy) is 2. The van der Waals surface area contributed by atoms with Crippen molar-refractivity contribution in [3.8, 4) is 5.75 Å². The van der Waals surface area contributed by atoms with E-state index in [1.165, 1.54) is 36.3 Å². The molecule has 2 aromatic rings. The zero-order chi connectivity index (χ0) is 23.0. The molecular weight excluding hydrogens is 420 g/mol. The minimum absolute atomic E-state index is 0.0126. The summed E-state index contributed by atoms with van der Waals surface area (Å²) in [6.07, 6.45) is 0. The number of amides is 1. The highest BCUT2D eigenvalue weighted by Gasteiger charge is 2.20. The van der Waals surface area contributed by atoms with E-state index in [1.807, 2.05) is 6.92 Å². The molecule has 166 valence electrons. The number of rotatable bonds is 10. The fraction of sp³-hybridized carbons (Fsp3) is 0.273. The van der Waals surface area contributed by atoms with Crippen molar-refractivity contribution in [3.05, 3.63) is 66.2 Å². The summed E-state index contributed by atoms with van der Waals surface area (Å²) in [7, 11) is -2.56. The summed E-state index contributed by atoms with van der Waals surface area (Å²) in [5.41, 5.74) is 1.08. The van der Waals surface area contributed by atoms with Gasteiger partial charge in [-0.15, -0.1) is 0 Å². The molecule has 1 N–H and O–H groups in total. The Morgan fingerprint density at radius 2 is 1.84 bits per heavy atom. The van der Waals surface area contributed by atoms with Crippen LogP contribution in [0.3, 0.4) is 0 Å². The van der Waals surface area contributed by atoms with Crippen molar-refractivity contribution in [2.24, 2.45) is 0 Å². The van der Waals surface area contributed by atoms with Gasteiger partial charge in [0, 0.05) is 13.1 Å². The maximum absolute atomic E-state index is 12.8. The van der Waals surface area contributed by atoms with E-state index in [2.05, 4.69) is 11.3 Å². The predicted octanol–water partition coefficient (Wildman–Crippen LogP) is 3.08. The third kappa shape index (κ3) is 6.58. The number of likely N-dealkylation sites (N-methyl/N-ethyl adjacent to an activating group) is 1. The number of nitrogens with one attached hydrogen (secondary N) is 1. The first-order valence-corrected chi connectivity index (χ1v) is 11.0. The summed E-state index contributed by atoms with van der Waals surface area (Å²) in [5, 5.41) is 0. The number of benzene rings is 2. The first kappa shape index (κ1) is 23.9. The van der Waals surface area contributed by atoms with Crippen LogP contribution in [0.15, 0.2) is 65.6 Å². The summed E-state index contributed by atoms with van der Waals surface area (Å²) in [5.74, 6) is -0.801. The first-order valence-electron chi connectivity index (χ1n) is 9.53. The molecule has 0 saturated carbocycles. The molecule has 8 nitrogen and oxygen atoms in total. The number of carbonyl (C=O) groups excluding carboxylic acids is 2. The number of para-hydroxylation sites is 2. The summed E-state index contributed by atoms with van der Waals surface area (Å²) in [4.78, 5) is 26.0. The van der Waals surface area contributed by atoms with Crippen LogP contribution in [0.2, 0.25) is 0 Å². The van der Waals surface area contributed by atoms with E-state index in [1.54, 1.807) is 31.2 Å². The van der Waals surface area contributed by atoms with Gasteiger partial charge in [0.15, 0.2) is 6.61 Å². The summed E-state index contributed by atoms with van der Waals surface area (Å²) in [6.45, 7) is 7.75. The Balaban J connectivity index is 2.12. The average molecular weight is 447 g/mol. The van der Waals surface area contributed by atoms with Gasteiger partial charge in [0.1, 0.15) is 5.75 Å². The van der Waals surface area contributed by atoms with Gasteiger partial charge in [-0.25, -0.2) is 13.2 Å². The van der Waals surface area contributed by atoms with Crippen LogP contribution in [0.4, 0.5) is 5.69 Å². The highest BCUT2D eigenvalue weighted by Crippen LogP contribution is 2.26. The average Bonchev–Trinajstić information content (AvgIpc) is 2.75. The number of carbonyl (C=O) groups is 2. The Labute approximate surface area is 182 Å². The zero-order valence-electron chi connectivity index (χ0n) is 17.8. The van der Waals surface area contributed by atoms with Crippen LogP contribution in [-0.4, -0.2) is 52.0 Å². The van der Waals surface area contributed by atoms with Gasteiger partial charge in [0.05, 0.1) is 23.3 Å². The Morgan fingerprint density at radius 3 is 2.48 bits per heavy atom. The molecule has 0 spiro atoms. The lowest BCUT2D eigenvalue weighted by Crippen LogP contribution is -2.35. The molecular formula is C22H26N2O6S. The van der Waals surface area contributed by atoms with Crippen LogP contribution >= 0.6 is 0 Å². The molecule has 0 aromatic heterocycles. The topological polar surface area (TPSA) is 102 Å². The molecule has 2 aromatic carbocycles. The van der Waals surface area contributed by atoms with Crippen molar-refractivity contribution >= 4 is 27.6 Å². The second-order valence-corrected chi connectivity index (χ2v) is 8.46. The highest BCUT2D eigenvalue weighted by molar-refractivity contribution is 7.92. The Hall–Kier alpha value is -3.33. The van der Waals surface area contributed by atoms with Gasteiger partial charge in [0.2, 0.25) is 0 Å². The van der Waals surface area contributed by atoms with Crippen LogP contribution in [0, 0.1) is 0 Å². The van der Waals surface area contributed by atoms with Gasteiger partial charge in [-0.3, -0.25) is 9.52 Å². The third-order valence-corrected chi connectivity index (χ3v) is 5.62. The van der Waals surface area contributed by atoms with Crippen molar-refractivity contribution in [2.75, 3.05) is 31.5 Å². The molecule has 2 rings (SSSR count). The molecule has 31 heavy (non-hydrogen) atoms. The molecule has 0 atom stereocenters. The number of hydrogen-bond acceptors (Lipinski definition) is 6. The van der Waals surface area contributed by atoms with Gasteiger partial charge >= 0.3 is 5.97 Å². The molecule has 9 heteroatoms. The number of sulfonamides is 1. The van der Waals surface area contributed by atoms with E-state index < -0.39 is 22.6 Å². The molecule has 0 heterocycles. The molecule has 0 aliphatic heterocycles. The molecule has 0 saturated heterocycles. The van der Waals surface area contributed by atoms with Crippen LogP contribution < -0.4 is 9.46 Å². The number of nitrogens with zero attached hydrogens (tertiary/aromatic N) is 1. The SMILES string of the molecule is C=C(C)CN(CC)C(=O)COC(=O)c1cccc(S(=O)(=O)Nc2ccccc2OC)c1. The van der Waals surface area contributed by atoms with Crippen molar-refractivity contribution in [2.45, 2.75) is 18.7 Å². The standard InChI is InChI=1S/C22H26N2O6S/c1-5-24(14-16(2)3)21(25)15-30-22(26)17-9-8-10-18(13-17)31(27,28)23-19-11-6-7-12-20(19)29-4/h6-13,23H,2,5,14-15H2,1,3-4H3. The van der Waals surface area contributed by atoms with Crippen molar-refractivity contribution in [1.29, 1.82) is 0 Å². The van der Waals surface area contributed by atoms with Crippen LogP contribution in [0.25, 0.3) is 0 Å². The van der Waals surface area contributed by atoms with Gasteiger partial charge < -0.3 is 14.4 Å². The van der Waals surface area contributed by atoms with Crippen molar-refractivity contribution in [3.63, 3.8) is 0 Å². The quantitative estimate of drug-likeness (QED) is 0.445. The molecule has 0 fully saturated rings. The maximum atomic E-state index is 12.8. The monoisotopic (exact) mass is 446 g/mol. The van der Waals surface area contributed by atoms with Gasteiger partial charge in [-0.1, -0.05) is 30.4 Å². The highest BCUT2D eigenvalue weighted by atomic mass is 32.2. The molecule has 1 amide bonds. The summed E-state index contributed by atoms with van der Waals surface area (Å²) < 4.78 is 38.2. The first-order chi connectivity index (χ1) is 14.7. The Kier molecular flexibility index (Phi) is 8.21. The number of hydrogen-bond donors (Lipinski definition) is 1. The zero-order valence-corrected chi connectivity index (χ0v) is 18.6. The second kappa shape index (κ2) is 10.6. The fourth-order valence-electron chi connectivity index (χ4n) is 2.73. The minimum atomic E-state index is -3.99. The van der Waals surface area contributed by atoms with Crippen LogP contribution in [0.1, 0.15) is 24.2 Å². The molecule has 0 aliphatic carbocycles. The number of methoxy groups -OCH3 is 1. The minimum Gasteiger partial charge on any atom is -0.495 e. The third-order valence-electron chi connectivity index (χ3n) is 4.25. The smallest absolute Gasteiger partial charge is 0.338 e. The van der Waals surface area contributed by atoms with Gasteiger partial charge in [-0.2, -0.15) is 0 Å². The van der Waals surface area contributed by atoms with Crippen molar-refractivity contribution in [1.82, 2.24) is 4.90 Å². The predicted molar refractivity (Wildman–Crippen MR) is 118 cm³/mol.